The Balaban J connectivity index is 1.82. The summed E-state index contributed by atoms with van der Waals surface area (Å²) in [6, 6.07) is 7.32. The summed E-state index contributed by atoms with van der Waals surface area (Å²) in [6.45, 7) is 1.80. The van der Waals surface area contributed by atoms with E-state index in [9.17, 15) is 9.59 Å². The first-order valence-electron chi connectivity index (χ1n) is 7.55. The second kappa shape index (κ2) is 8.29. The predicted molar refractivity (Wildman–Crippen MR) is 87.5 cm³/mol. The smallest absolute Gasteiger partial charge is 0.253 e. The fraction of sp³-hybridized carbons (Fsp3) is 0.500. The molecule has 1 saturated heterocycles. The summed E-state index contributed by atoms with van der Waals surface area (Å²) in [5.41, 5.74) is 0.675. The number of hydrogen-bond acceptors (Lipinski definition) is 3. The molecule has 1 heterocycles. The number of nitrogens with zero attached hydrogens (tertiary/aromatic N) is 1. The molecule has 1 aliphatic rings. The van der Waals surface area contributed by atoms with E-state index in [1.54, 1.807) is 17.0 Å². The van der Waals surface area contributed by atoms with Gasteiger partial charge in [0.2, 0.25) is 5.91 Å². The van der Waals surface area contributed by atoms with Crippen LogP contribution in [0.25, 0.3) is 0 Å². The van der Waals surface area contributed by atoms with E-state index in [0.29, 0.717) is 44.5 Å². The largest absolute Gasteiger partial charge is 0.396 e. The van der Waals surface area contributed by atoms with Crippen LogP contribution in [-0.4, -0.2) is 48.1 Å². The number of carbonyl (C=O) groups excluding carboxylic acids is 2. The van der Waals surface area contributed by atoms with E-state index >= 15 is 0 Å². The minimum absolute atomic E-state index is 0.0200. The van der Waals surface area contributed by atoms with E-state index in [-0.39, 0.29) is 24.3 Å². The summed E-state index contributed by atoms with van der Waals surface area (Å²) in [5, 5.41) is 11.5. The number of hydrogen-bond donors (Lipinski definition) is 2. The monoisotopic (exact) mass is 368 g/mol. The Bertz CT molecular complexity index is 511. The van der Waals surface area contributed by atoms with Crippen LogP contribution in [0, 0.1) is 5.92 Å². The standard InChI is InChI=1S/C16H21BrN2O3/c17-14-4-2-13(3-5-14)16(22)19-9-6-12(7-10-19)15(21)18-8-1-11-20/h2-5,12,20H,1,6-11H2,(H,18,21). The van der Waals surface area contributed by atoms with Crippen LogP contribution in [-0.2, 0) is 4.79 Å². The van der Waals surface area contributed by atoms with Gasteiger partial charge >= 0.3 is 0 Å². The van der Waals surface area contributed by atoms with Crippen LogP contribution in [0.4, 0.5) is 0 Å². The van der Waals surface area contributed by atoms with Crippen molar-refractivity contribution >= 4 is 27.7 Å². The normalized spacial score (nSPS) is 15.6. The summed E-state index contributed by atoms with van der Waals surface area (Å²) < 4.78 is 0.947. The van der Waals surface area contributed by atoms with Gasteiger partial charge in [0, 0.05) is 42.2 Å². The number of nitrogens with one attached hydrogen (secondary N) is 1. The van der Waals surface area contributed by atoms with Gasteiger partial charge in [-0.1, -0.05) is 15.9 Å². The fourth-order valence-electron chi connectivity index (χ4n) is 2.55. The zero-order valence-corrected chi connectivity index (χ0v) is 14.0. The molecule has 6 heteroatoms. The summed E-state index contributed by atoms with van der Waals surface area (Å²) in [5.74, 6) is 0.0171. The van der Waals surface area contributed by atoms with Crippen molar-refractivity contribution in [3.63, 3.8) is 0 Å². The number of aliphatic hydroxyl groups is 1. The van der Waals surface area contributed by atoms with Crippen LogP contribution in [0.5, 0.6) is 0 Å². The van der Waals surface area contributed by atoms with Crippen molar-refractivity contribution in [3.05, 3.63) is 34.3 Å². The van der Waals surface area contributed by atoms with Crippen molar-refractivity contribution in [3.8, 4) is 0 Å². The zero-order valence-electron chi connectivity index (χ0n) is 12.4. The molecular weight excluding hydrogens is 348 g/mol. The van der Waals surface area contributed by atoms with Crippen LogP contribution in [0.15, 0.2) is 28.7 Å². The Morgan fingerprint density at radius 1 is 1.23 bits per heavy atom. The predicted octanol–water partition coefficient (Wildman–Crippen LogP) is 1.80. The van der Waals surface area contributed by atoms with Gasteiger partial charge in [0.05, 0.1) is 0 Å². The van der Waals surface area contributed by atoms with E-state index in [1.165, 1.54) is 0 Å². The Morgan fingerprint density at radius 3 is 2.45 bits per heavy atom. The van der Waals surface area contributed by atoms with Crippen molar-refractivity contribution in [1.82, 2.24) is 10.2 Å². The van der Waals surface area contributed by atoms with Crippen molar-refractivity contribution in [1.29, 1.82) is 0 Å². The van der Waals surface area contributed by atoms with E-state index in [0.717, 1.165) is 4.47 Å². The van der Waals surface area contributed by atoms with Gasteiger partial charge in [-0.3, -0.25) is 9.59 Å². The van der Waals surface area contributed by atoms with Crippen LogP contribution >= 0.6 is 15.9 Å². The van der Waals surface area contributed by atoms with Crippen molar-refractivity contribution in [2.75, 3.05) is 26.2 Å². The van der Waals surface area contributed by atoms with Gasteiger partial charge < -0.3 is 15.3 Å². The average Bonchev–Trinajstić information content (AvgIpc) is 2.55. The lowest BCUT2D eigenvalue weighted by atomic mass is 9.95. The molecule has 0 aromatic heterocycles. The molecule has 1 aliphatic heterocycles. The molecule has 2 rings (SSSR count). The van der Waals surface area contributed by atoms with E-state index < -0.39 is 0 Å². The molecule has 2 amide bonds. The SMILES string of the molecule is O=C(NCCCO)C1CCN(C(=O)c2ccc(Br)cc2)CC1. The third-order valence-corrected chi connectivity index (χ3v) is 4.41. The lowest BCUT2D eigenvalue weighted by molar-refractivity contribution is -0.126. The van der Waals surface area contributed by atoms with E-state index in [4.69, 9.17) is 5.11 Å². The van der Waals surface area contributed by atoms with Crippen LogP contribution in [0.2, 0.25) is 0 Å². The first kappa shape index (κ1) is 17.0. The minimum Gasteiger partial charge on any atom is -0.396 e. The van der Waals surface area contributed by atoms with Gasteiger partial charge in [0.1, 0.15) is 0 Å². The van der Waals surface area contributed by atoms with Gasteiger partial charge in [0.15, 0.2) is 0 Å². The lowest BCUT2D eigenvalue weighted by Gasteiger charge is -2.31. The van der Waals surface area contributed by atoms with Crippen molar-refractivity contribution < 1.29 is 14.7 Å². The van der Waals surface area contributed by atoms with Gasteiger partial charge in [-0.25, -0.2) is 0 Å². The quantitative estimate of drug-likeness (QED) is 0.778. The first-order valence-corrected chi connectivity index (χ1v) is 8.34. The number of halogens is 1. The molecule has 0 bridgehead atoms. The Morgan fingerprint density at radius 2 is 1.86 bits per heavy atom. The third-order valence-electron chi connectivity index (χ3n) is 3.88. The molecule has 0 aliphatic carbocycles. The number of benzene rings is 1. The molecule has 1 aromatic rings. The molecule has 1 aromatic carbocycles. The van der Waals surface area contributed by atoms with Crippen LogP contribution in [0.3, 0.4) is 0 Å². The highest BCUT2D eigenvalue weighted by atomic mass is 79.9. The summed E-state index contributed by atoms with van der Waals surface area (Å²) in [7, 11) is 0. The first-order chi connectivity index (χ1) is 10.6. The second-order valence-corrected chi connectivity index (χ2v) is 6.36. The maximum absolute atomic E-state index is 12.4. The highest BCUT2D eigenvalue weighted by Crippen LogP contribution is 2.20. The highest BCUT2D eigenvalue weighted by molar-refractivity contribution is 9.10. The van der Waals surface area contributed by atoms with Crippen LogP contribution < -0.4 is 5.32 Å². The molecule has 0 radical (unpaired) electrons. The van der Waals surface area contributed by atoms with Gasteiger partial charge in [-0.05, 0) is 43.5 Å². The molecule has 2 N–H and O–H groups in total. The third kappa shape index (κ3) is 4.55. The molecule has 5 nitrogen and oxygen atoms in total. The Kier molecular flexibility index (Phi) is 6.39. The molecular formula is C16H21BrN2O3. The number of piperidine rings is 1. The maximum Gasteiger partial charge on any atom is 0.253 e. The van der Waals surface area contributed by atoms with E-state index in [1.807, 2.05) is 12.1 Å². The molecule has 0 saturated carbocycles. The lowest BCUT2D eigenvalue weighted by Crippen LogP contribution is -2.43. The molecule has 120 valence electrons. The Hall–Kier alpha value is -1.40. The van der Waals surface area contributed by atoms with Crippen molar-refractivity contribution in [2.45, 2.75) is 19.3 Å². The number of likely N-dealkylation sites (tertiary alicyclic amines) is 1. The topological polar surface area (TPSA) is 69.6 Å². The van der Waals surface area contributed by atoms with Gasteiger partial charge in [-0.2, -0.15) is 0 Å². The minimum atomic E-state index is -0.0346. The van der Waals surface area contributed by atoms with Crippen LogP contribution in [0.1, 0.15) is 29.6 Å². The number of aliphatic hydroxyl groups excluding tert-OH is 1. The summed E-state index contributed by atoms with van der Waals surface area (Å²) >= 11 is 3.36. The fourth-order valence-corrected chi connectivity index (χ4v) is 2.82. The van der Waals surface area contributed by atoms with E-state index in [2.05, 4.69) is 21.2 Å². The molecule has 0 atom stereocenters. The number of carbonyl (C=O) groups is 2. The number of amides is 2. The van der Waals surface area contributed by atoms with Gasteiger partial charge in [-0.15, -0.1) is 0 Å². The summed E-state index contributed by atoms with van der Waals surface area (Å²) in [6.07, 6.45) is 1.95. The molecule has 0 spiro atoms. The average molecular weight is 369 g/mol. The molecule has 22 heavy (non-hydrogen) atoms. The van der Waals surface area contributed by atoms with Crippen molar-refractivity contribution in [2.24, 2.45) is 5.92 Å². The molecule has 0 unspecified atom stereocenters. The Labute approximate surface area is 138 Å². The zero-order chi connectivity index (χ0) is 15.9. The number of rotatable bonds is 5. The highest BCUT2D eigenvalue weighted by Gasteiger charge is 2.27. The van der Waals surface area contributed by atoms with Gasteiger partial charge in [0.25, 0.3) is 5.91 Å². The summed E-state index contributed by atoms with van der Waals surface area (Å²) in [4.78, 5) is 26.1. The second-order valence-electron chi connectivity index (χ2n) is 5.44. The maximum atomic E-state index is 12.4. The molecule has 1 fully saturated rings.